The first-order valence-electron chi connectivity index (χ1n) is 7.82. The first-order valence-corrected chi connectivity index (χ1v) is 7.82. The summed E-state index contributed by atoms with van der Waals surface area (Å²) in [5.74, 6) is 0.325. The number of aliphatic hydroxyl groups is 1. The summed E-state index contributed by atoms with van der Waals surface area (Å²) in [6, 6.07) is 6.16. The maximum atomic E-state index is 9.84. The van der Waals surface area contributed by atoms with Crippen molar-refractivity contribution in [3.8, 4) is 5.69 Å². The fraction of sp³-hybridized carbons (Fsp3) is 0.471. The number of nitrogens with two attached hydrogens (primary N) is 1. The van der Waals surface area contributed by atoms with Gasteiger partial charge in [-0.1, -0.05) is 6.92 Å². The number of imidazole rings is 1. The Morgan fingerprint density at radius 1 is 1.36 bits per heavy atom. The molecule has 0 amide bonds. The Hall–Kier alpha value is -1.85. The Morgan fingerprint density at radius 3 is 2.86 bits per heavy atom. The van der Waals surface area contributed by atoms with Gasteiger partial charge in [-0.3, -0.25) is 4.90 Å². The van der Waals surface area contributed by atoms with Crippen LogP contribution in [0.5, 0.6) is 0 Å². The first kappa shape index (κ1) is 15.1. The number of nitrogen functional groups attached to an aromatic ring is 1. The fourth-order valence-corrected chi connectivity index (χ4v) is 3.12. The number of aromatic nitrogens is 2. The monoisotopic (exact) mass is 300 g/mol. The van der Waals surface area contributed by atoms with Gasteiger partial charge in [-0.15, -0.1) is 0 Å². The summed E-state index contributed by atoms with van der Waals surface area (Å²) in [5, 5.41) is 9.84. The molecule has 2 unspecified atom stereocenters. The fourth-order valence-electron chi connectivity index (χ4n) is 3.12. The lowest BCUT2D eigenvalue weighted by Crippen LogP contribution is -2.41. The molecular formula is C17H24N4O. The van der Waals surface area contributed by atoms with Crippen LogP contribution < -0.4 is 5.73 Å². The van der Waals surface area contributed by atoms with E-state index >= 15 is 0 Å². The third kappa shape index (κ3) is 3.31. The molecule has 3 N–H and O–H groups in total. The lowest BCUT2D eigenvalue weighted by Gasteiger charge is -2.34. The molecule has 2 atom stereocenters. The summed E-state index contributed by atoms with van der Waals surface area (Å²) >= 11 is 0. The third-order valence-electron chi connectivity index (χ3n) is 4.36. The van der Waals surface area contributed by atoms with Crippen LogP contribution >= 0.6 is 0 Å². The number of aliphatic hydroxyl groups excluding tert-OH is 1. The molecule has 1 aromatic carbocycles. The van der Waals surface area contributed by atoms with Gasteiger partial charge in [0.1, 0.15) is 0 Å². The number of anilines is 1. The average molecular weight is 300 g/mol. The van der Waals surface area contributed by atoms with Gasteiger partial charge in [0.2, 0.25) is 0 Å². The highest BCUT2D eigenvalue weighted by molar-refractivity contribution is 5.51. The SMILES string of the molecule is Cc1cn(-c2cc(N)cc(CN3CCC(O)C(C)C3)c2)cn1. The predicted octanol–water partition coefficient (Wildman–Crippen LogP) is 1.97. The van der Waals surface area contributed by atoms with Crippen LogP contribution in [0.2, 0.25) is 0 Å². The van der Waals surface area contributed by atoms with E-state index < -0.39 is 0 Å². The van der Waals surface area contributed by atoms with E-state index in [0.29, 0.717) is 5.92 Å². The summed E-state index contributed by atoms with van der Waals surface area (Å²) < 4.78 is 2.00. The Morgan fingerprint density at radius 2 is 2.18 bits per heavy atom. The Bertz CT molecular complexity index is 652. The number of likely N-dealkylation sites (tertiary alicyclic amines) is 1. The molecule has 1 aliphatic heterocycles. The molecule has 0 radical (unpaired) electrons. The predicted molar refractivity (Wildman–Crippen MR) is 87.8 cm³/mol. The van der Waals surface area contributed by atoms with E-state index in [1.165, 1.54) is 5.56 Å². The summed E-state index contributed by atoms with van der Waals surface area (Å²) in [6.07, 6.45) is 4.49. The highest BCUT2D eigenvalue weighted by Crippen LogP contribution is 2.22. The molecule has 118 valence electrons. The third-order valence-corrected chi connectivity index (χ3v) is 4.36. The highest BCUT2D eigenvalue weighted by Gasteiger charge is 2.24. The topological polar surface area (TPSA) is 67.3 Å². The Kier molecular flexibility index (Phi) is 4.18. The summed E-state index contributed by atoms with van der Waals surface area (Å²) in [5.41, 5.74) is 10.1. The van der Waals surface area contributed by atoms with E-state index in [0.717, 1.165) is 43.1 Å². The molecular weight excluding hydrogens is 276 g/mol. The van der Waals surface area contributed by atoms with Crippen LogP contribution in [0.15, 0.2) is 30.7 Å². The summed E-state index contributed by atoms with van der Waals surface area (Å²) in [7, 11) is 0. The van der Waals surface area contributed by atoms with Gasteiger partial charge in [0, 0.05) is 37.2 Å². The Balaban J connectivity index is 1.78. The molecule has 3 rings (SSSR count). The van der Waals surface area contributed by atoms with Gasteiger partial charge in [0.25, 0.3) is 0 Å². The maximum absolute atomic E-state index is 9.84. The van der Waals surface area contributed by atoms with Crippen LogP contribution in [-0.2, 0) is 6.54 Å². The average Bonchev–Trinajstić information content (AvgIpc) is 2.89. The molecule has 0 aliphatic carbocycles. The van der Waals surface area contributed by atoms with E-state index in [9.17, 15) is 5.11 Å². The zero-order valence-corrected chi connectivity index (χ0v) is 13.2. The quantitative estimate of drug-likeness (QED) is 0.850. The number of hydrogen-bond donors (Lipinski definition) is 2. The second-order valence-corrected chi connectivity index (χ2v) is 6.42. The van der Waals surface area contributed by atoms with Gasteiger partial charge in [0.05, 0.1) is 18.1 Å². The van der Waals surface area contributed by atoms with E-state index in [4.69, 9.17) is 5.73 Å². The number of benzene rings is 1. The van der Waals surface area contributed by atoms with Crippen molar-refractivity contribution in [1.82, 2.24) is 14.5 Å². The van der Waals surface area contributed by atoms with Gasteiger partial charge >= 0.3 is 0 Å². The van der Waals surface area contributed by atoms with Gasteiger partial charge in [-0.25, -0.2) is 4.98 Å². The zero-order chi connectivity index (χ0) is 15.7. The van der Waals surface area contributed by atoms with Crippen molar-refractivity contribution < 1.29 is 5.11 Å². The van der Waals surface area contributed by atoms with E-state index in [2.05, 4.69) is 22.9 Å². The van der Waals surface area contributed by atoms with Crippen molar-refractivity contribution in [2.45, 2.75) is 32.9 Å². The largest absolute Gasteiger partial charge is 0.399 e. The standard InChI is InChI=1S/C17H24N4O/c1-12-8-20(4-3-17(12)22)10-14-5-15(18)7-16(6-14)21-9-13(2)19-11-21/h5-7,9,11-12,17,22H,3-4,8,10,18H2,1-2H3. The molecule has 0 saturated carbocycles. The smallest absolute Gasteiger partial charge is 0.0995 e. The molecule has 0 bridgehead atoms. The summed E-state index contributed by atoms with van der Waals surface area (Å²) in [6.45, 7) is 6.80. The van der Waals surface area contributed by atoms with Gasteiger partial charge < -0.3 is 15.4 Å². The van der Waals surface area contributed by atoms with E-state index in [1.54, 1.807) is 0 Å². The van der Waals surface area contributed by atoms with Crippen LogP contribution in [0.25, 0.3) is 5.69 Å². The number of rotatable bonds is 3. The van der Waals surface area contributed by atoms with Crippen LogP contribution in [0.3, 0.4) is 0 Å². The molecule has 1 aromatic heterocycles. The van der Waals surface area contributed by atoms with Crippen molar-refractivity contribution in [3.05, 3.63) is 42.0 Å². The lowest BCUT2D eigenvalue weighted by molar-refractivity contribution is 0.0320. The molecule has 0 spiro atoms. The molecule has 2 aromatic rings. The van der Waals surface area contributed by atoms with Crippen LogP contribution in [0.1, 0.15) is 24.6 Å². The maximum Gasteiger partial charge on any atom is 0.0995 e. The van der Waals surface area contributed by atoms with Gasteiger partial charge in [-0.2, -0.15) is 0 Å². The second-order valence-electron chi connectivity index (χ2n) is 6.42. The van der Waals surface area contributed by atoms with Crippen molar-refractivity contribution in [2.24, 2.45) is 5.92 Å². The molecule has 1 aliphatic rings. The van der Waals surface area contributed by atoms with Crippen molar-refractivity contribution in [1.29, 1.82) is 0 Å². The van der Waals surface area contributed by atoms with E-state index in [-0.39, 0.29) is 6.10 Å². The number of piperidine rings is 1. The van der Waals surface area contributed by atoms with Crippen molar-refractivity contribution >= 4 is 5.69 Å². The normalized spacial score (nSPS) is 22.9. The van der Waals surface area contributed by atoms with Crippen molar-refractivity contribution in [3.63, 3.8) is 0 Å². The molecule has 1 fully saturated rings. The van der Waals surface area contributed by atoms with Crippen LogP contribution in [0, 0.1) is 12.8 Å². The van der Waals surface area contributed by atoms with Gasteiger partial charge in [-0.05, 0) is 43.0 Å². The number of aryl methyl sites for hydroxylation is 1. The lowest BCUT2D eigenvalue weighted by atomic mass is 9.96. The van der Waals surface area contributed by atoms with Crippen molar-refractivity contribution in [2.75, 3.05) is 18.8 Å². The molecule has 5 heteroatoms. The molecule has 2 heterocycles. The second kappa shape index (κ2) is 6.10. The Labute approximate surface area is 131 Å². The van der Waals surface area contributed by atoms with Crippen LogP contribution in [0.4, 0.5) is 5.69 Å². The zero-order valence-electron chi connectivity index (χ0n) is 13.2. The molecule has 1 saturated heterocycles. The minimum absolute atomic E-state index is 0.165. The number of nitrogens with zero attached hydrogens (tertiary/aromatic N) is 3. The summed E-state index contributed by atoms with van der Waals surface area (Å²) in [4.78, 5) is 6.65. The van der Waals surface area contributed by atoms with Gasteiger partial charge in [0.15, 0.2) is 0 Å². The van der Waals surface area contributed by atoms with E-state index in [1.807, 2.05) is 36.1 Å². The minimum Gasteiger partial charge on any atom is -0.399 e. The first-order chi connectivity index (χ1) is 10.5. The molecule has 5 nitrogen and oxygen atoms in total. The molecule has 22 heavy (non-hydrogen) atoms. The number of hydrogen-bond acceptors (Lipinski definition) is 4. The van der Waals surface area contributed by atoms with Crippen LogP contribution in [-0.4, -0.2) is 38.8 Å². The highest BCUT2D eigenvalue weighted by atomic mass is 16.3. The minimum atomic E-state index is -0.165.